The van der Waals surface area contributed by atoms with Crippen LogP contribution in [-0.2, 0) is 0 Å². The molecule has 0 radical (unpaired) electrons. The first-order valence-corrected chi connectivity index (χ1v) is 8.04. The summed E-state index contributed by atoms with van der Waals surface area (Å²) in [4.78, 5) is 10.8. The zero-order valence-electron chi connectivity index (χ0n) is 12.6. The first-order valence-electron chi connectivity index (χ1n) is 7.66. The Bertz CT molecular complexity index is 505. The minimum atomic E-state index is -0.354. The van der Waals surface area contributed by atoms with Crippen molar-refractivity contribution in [1.82, 2.24) is 0 Å². The summed E-state index contributed by atoms with van der Waals surface area (Å²) in [7, 11) is 0. The van der Waals surface area contributed by atoms with Gasteiger partial charge in [0.1, 0.15) is 5.69 Å². The molecule has 2 atom stereocenters. The fraction of sp³-hybridized carbons (Fsp3) is 0.625. The summed E-state index contributed by atoms with van der Waals surface area (Å²) < 4.78 is 0. The van der Waals surface area contributed by atoms with Gasteiger partial charge in [0.2, 0.25) is 0 Å². The number of nitro groups is 1. The maximum absolute atomic E-state index is 11.1. The SMILES string of the molecule is CC(C)CC1CCCC(Nc2cc(Cl)ccc2[N+](=O)[O-])C1. The van der Waals surface area contributed by atoms with Crippen molar-refractivity contribution in [2.45, 2.75) is 52.0 Å². The molecule has 5 heteroatoms. The van der Waals surface area contributed by atoms with Gasteiger partial charge in [-0.15, -0.1) is 0 Å². The van der Waals surface area contributed by atoms with Gasteiger partial charge in [0, 0.05) is 17.1 Å². The summed E-state index contributed by atoms with van der Waals surface area (Å²) in [5, 5.41) is 15.0. The highest BCUT2D eigenvalue weighted by Crippen LogP contribution is 2.34. The lowest BCUT2D eigenvalue weighted by Gasteiger charge is -2.31. The number of nitrogens with zero attached hydrogens (tertiary/aromatic N) is 1. The molecule has 116 valence electrons. The van der Waals surface area contributed by atoms with Crippen LogP contribution in [0.4, 0.5) is 11.4 Å². The highest BCUT2D eigenvalue weighted by molar-refractivity contribution is 6.31. The molecule has 1 aromatic rings. The van der Waals surface area contributed by atoms with Crippen LogP contribution in [0.2, 0.25) is 5.02 Å². The molecule has 0 aromatic heterocycles. The summed E-state index contributed by atoms with van der Waals surface area (Å²) in [5.41, 5.74) is 0.646. The maximum atomic E-state index is 11.1. The van der Waals surface area contributed by atoms with E-state index in [0.717, 1.165) is 18.8 Å². The predicted octanol–water partition coefficient (Wildman–Crippen LogP) is 5.27. The lowest BCUT2D eigenvalue weighted by atomic mass is 9.81. The minimum Gasteiger partial charge on any atom is -0.377 e. The maximum Gasteiger partial charge on any atom is 0.292 e. The predicted molar refractivity (Wildman–Crippen MR) is 86.9 cm³/mol. The van der Waals surface area contributed by atoms with Crippen LogP contribution in [-0.4, -0.2) is 11.0 Å². The third kappa shape index (κ3) is 4.60. The van der Waals surface area contributed by atoms with Crippen molar-refractivity contribution in [1.29, 1.82) is 0 Å². The number of nitrogens with one attached hydrogen (secondary N) is 1. The van der Waals surface area contributed by atoms with Crippen molar-refractivity contribution in [2.75, 3.05) is 5.32 Å². The summed E-state index contributed by atoms with van der Waals surface area (Å²) in [6.07, 6.45) is 5.84. The van der Waals surface area contributed by atoms with Crippen molar-refractivity contribution in [3.8, 4) is 0 Å². The van der Waals surface area contributed by atoms with Gasteiger partial charge in [-0.3, -0.25) is 10.1 Å². The van der Waals surface area contributed by atoms with Gasteiger partial charge in [-0.05, 0) is 43.2 Å². The van der Waals surface area contributed by atoms with E-state index >= 15 is 0 Å². The number of hydrogen-bond acceptors (Lipinski definition) is 3. The normalized spacial score (nSPS) is 22.3. The molecule has 0 aliphatic heterocycles. The van der Waals surface area contributed by atoms with E-state index in [-0.39, 0.29) is 10.6 Å². The molecule has 1 saturated carbocycles. The Morgan fingerprint density at radius 2 is 2.19 bits per heavy atom. The largest absolute Gasteiger partial charge is 0.377 e. The molecule has 0 amide bonds. The second-order valence-electron chi connectivity index (χ2n) is 6.42. The number of nitro benzene ring substituents is 1. The summed E-state index contributed by atoms with van der Waals surface area (Å²) in [6, 6.07) is 5.00. The summed E-state index contributed by atoms with van der Waals surface area (Å²) >= 11 is 5.97. The molecule has 2 unspecified atom stereocenters. The number of rotatable bonds is 5. The third-order valence-corrected chi connectivity index (χ3v) is 4.34. The lowest BCUT2D eigenvalue weighted by Crippen LogP contribution is -2.28. The Morgan fingerprint density at radius 1 is 1.43 bits per heavy atom. The first-order chi connectivity index (χ1) is 9.95. The zero-order chi connectivity index (χ0) is 15.4. The number of anilines is 1. The lowest BCUT2D eigenvalue weighted by molar-refractivity contribution is -0.384. The molecule has 1 aliphatic carbocycles. The Balaban J connectivity index is 2.07. The van der Waals surface area contributed by atoms with Gasteiger partial charge in [0.15, 0.2) is 0 Å². The molecule has 2 rings (SSSR count). The topological polar surface area (TPSA) is 55.2 Å². The molecule has 1 aromatic carbocycles. The molecule has 4 nitrogen and oxygen atoms in total. The number of hydrogen-bond donors (Lipinski definition) is 1. The van der Waals surface area contributed by atoms with Crippen molar-refractivity contribution in [3.63, 3.8) is 0 Å². The molecule has 0 saturated heterocycles. The second kappa shape index (κ2) is 7.12. The molecule has 0 heterocycles. The van der Waals surface area contributed by atoms with E-state index in [1.165, 1.54) is 25.3 Å². The molecule has 0 spiro atoms. The van der Waals surface area contributed by atoms with Gasteiger partial charge in [0.25, 0.3) is 5.69 Å². The smallest absolute Gasteiger partial charge is 0.292 e. The van der Waals surface area contributed by atoms with E-state index in [0.29, 0.717) is 22.7 Å². The van der Waals surface area contributed by atoms with Crippen LogP contribution in [0.5, 0.6) is 0 Å². The van der Waals surface area contributed by atoms with Gasteiger partial charge >= 0.3 is 0 Å². The molecule has 0 bridgehead atoms. The van der Waals surface area contributed by atoms with Crippen LogP contribution in [0.15, 0.2) is 18.2 Å². The Morgan fingerprint density at radius 3 is 2.86 bits per heavy atom. The van der Waals surface area contributed by atoms with Crippen LogP contribution in [0, 0.1) is 22.0 Å². The molecular formula is C16H23ClN2O2. The molecule has 1 aliphatic rings. The fourth-order valence-electron chi connectivity index (χ4n) is 3.31. The van der Waals surface area contributed by atoms with E-state index in [4.69, 9.17) is 11.6 Å². The van der Waals surface area contributed by atoms with Crippen LogP contribution in [0.25, 0.3) is 0 Å². The third-order valence-electron chi connectivity index (χ3n) is 4.10. The zero-order valence-corrected chi connectivity index (χ0v) is 13.4. The highest BCUT2D eigenvalue weighted by atomic mass is 35.5. The van der Waals surface area contributed by atoms with Crippen LogP contribution in [0.1, 0.15) is 46.0 Å². The fourth-order valence-corrected chi connectivity index (χ4v) is 3.48. The molecule has 1 fully saturated rings. The van der Waals surface area contributed by atoms with E-state index < -0.39 is 0 Å². The van der Waals surface area contributed by atoms with Crippen molar-refractivity contribution in [2.24, 2.45) is 11.8 Å². The quantitative estimate of drug-likeness (QED) is 0.595. The first kappa shape index (κ1) is 16.1. The average molecular weight is 311 g/mol. The summed E-state index contributed by atoms with van der Waals surface area (Å²) in [5.74, 6) is 1.42. The minimum absolute atomic E-state index is 0.102. The monoisotopic (exact) mass is 310 g/mol. The van der Waals surface area contributed by atoms with E-state index in [9.17, 15) is 10.1 Å². The van der Waals surface area contributed by atoms with Crippen molar-refractivity contribution >= 4 is 23.0 Å². The van der Waals surface area contributed by atoms with Crippen molar-refractivity contribution in [3.05, 3.63) is 33.3 Å². The Labute approximate surface area is 131 Å². The van der Waals surface area contributed by atoms with Gasteiger partial charge in [-0.25, -0.2) is 0 Å². The number of benzene rings is 1. The second-order valence-corrected chi connectivity index (χ2v) is 6.86. The molecule has 1 N–H and O–H groups in total. The Kier molecular flexibility index (Phi) is 5.45. The average Bonchev–Trinajstić information content (AvgIpc) is 2.38. The van der Waals surface area contributed by atoms with Crippen LogP contribution >= 0.6 is 11.6 Å². The van der Waals surface area contributed by atoms with E-state index in [2.05, 4.69) is 19.2 Å². The van der Waals surface area contributed by atoms with Gasteiger partial charge in [-0.1, -0.05) is 38.3 Å². The molecular weight excluding hydrogens is 288 g/mol. The van der Waals surface area contributed by atoms with Gasteiger partial charge < -0.3 is 5.32 Å². The van der Waals surface area contributed by atoms with Gasteiger partial charge in [-0.2, -0.15) is 0 Å². The van der Waals surface area contributed by atoms with Crippen molar-refractivity contribution < 1.29 is 4.92 Å². The van der Waals surface area contributed by atoms with Gasteiger partial charge in [0.05, 0.1) is 4.92 Å². The Hall–Kier alpha value is -1.29. The number of halogens is 1. The standard InChI is InChI=1S/C16H23ClN2O2/c1-11(2)8-12-4-3-5-14(9-12)18-15-10-13(17)6-7-16(15)19(20)21/h6-7,10-12,14,18H,3-5,8-9H2,1-2H3. The summed E-state index contributed by atoms with van der Waals surface area (Å²) in [6.45, 7) is 4.50. The van der Waals surface area contributed by atoms with Crippen LogP contribution < -0.4 is 5.32 Å². The molecule has 21 heavy (non-hydrogen) atoms. The highest BCUT2D eigenvalue weighted by Gasteiger charge is 2.24. The van der Waals surface area contributed by atoms with Crippen LogP contribution in [0.3, 0.4) is 0 Å². The van der Waals surface area contributed by atoms with E-state index in [1.54, 1.807) is 12.1 Å². The van der Waals surface area contributed by atoms with E-state index in [1.807, 2.05) is 0 Å².